The molecule has 1 N–H and O–H groups in total. The van der Waals surface area contributed by atoms with Gasteiger partial charge in [-0.1, -0.05) is 30.3 Å². The minimum Gasteiger partial charge on any atom is -0.345 e. The third kappa shape index (κ3) is 2.05. The summed E-state index contributed by atoms with van der Waals surface area (Å²) in [6.45, 7) is 2.35. The molecule has 4 nitrogen and oxygen atoms in total. The second kappa shape index (κ2) is 4.35. The van der Waals surface area contributed by atoms with Gasteiger partial charge in [0.2, 0.25) is 11.8 Å². The highest BCUT2D eigenvalue weighted by molar-refractivity contribution is 5.94. The van der Waals surface area contributed by atoms with Crippen molar-refractivity contribution in [3.05, 3.63) is 35.9 Å². The molecule has 0 aliphatic carbocycles. The molecule has 0 radical (unpaired) electrons. The van der Waals surface area contributed by atoms with Crippen molar-refractivity contribution in [1.29, 1.82) is 0 Å². The van der Waals surface area contributed by atoms with E-state index in [1.165, 1.54) is 0 Å². The van der Waals surface area contributed by atoms with Crippen LogP contribution in [0.2, 0.25) is 0 Å². The van der Waals surface area contributed by atoms with E-state index in [0.29, 0.717) is 6.54 Å². The molecular formula is C12H14N2O2. The van der Waals surface area contributed by atoms with Gasteiger partial charge < -0.3 is 10.2 Å². The Morgan fingerprint density at radius 1 is 1.31 bits per heavy atom. The van der Waals surface area contributed by atoms with Gasteiger partial charge in [0.1, 0.15) is 6.04 Å². The molecule has 2 rings (SSSR count). The lowest BCUT2D eigenvalue weighted by Crippen LogP contribution is -2.56. The summed E-state index contributed by atoms with van der Waals surface area (Å²) in [6.07, 6.45) is 0. The van der Waals surface area contributed by atoms with Crippen LogP contribution in [0.1, 0.15) is 12.5 Å². The maximum Gasteiger partial charge on any atom is 0.242 e. The first-order chi connectivity index (χ1) is 7.68. The van der Waals surface area contributed by atoms with Gasteiger partial charge in [-0.2, -0.15) is 0 Å². The van der Waals surface area contributed by atoms with Crippen LogP contribution in [-0.4, -0.2) is 29.3 Å². The van der Waals surface area contributed by atoms with Crippen LogP contribution in [0.5, 0.6) is 0 Å². The predicted octanol–water partition coefficient (Wildman–Crippen LogP) is 0.533. The number of carbonyl (C=O) groups is 2. The van der Waals surface area contributed by atoms with Gasteiger partial charge in [-0.15, -0.1) is 0 Å². The number of nitrogens with zero attached hydrogens (tertiary/aromatic N) is 1. The minimum absolute atomic E-state index is 0.0315. The maximum absolute atomic E-state index is 11.7. The normalized spacial score (nSPS) is 20.8. The zero-order valence-electron chi connectivity index (χ0n) is 9.14. The zero-order chi connectivity index (χ0) is 11.5. The van der Waals surface area contributed by atoms with Crippen LogP contribution >= 0.6 is 0 Å². The highest BCUT2D eigenvalue weighted by Crippen LogP contribution is 2.11. The number of nitrogens with one attached hydrogen (secondary N) is 1. The minimum atomic E-state index is -0.388. The summed E-state index contributed by atoms with van der Waals surface area (Å²) in [5.41, 5.74) is 1.04. The maximum atomic E-state index is 11.7. The average Bonchev–Trinajstić information content (AvgIpc) is 2.31. The Morgan fingerprint density at radius 3 is 2.69 bits per heavy atom. The molecule has 2 amide bonds. The fraction of sp³-hybridized carbons (Fsp3) is 0.333. The Morgan fingerprint density at radius 2 is 2.00 bits per heavy atom. The van der Waals surface area contributed by atoms with Crippen LogP contribution in [0.15, 0.2) is 30.3 Å². The number of piperazine rings is 1. The lowest BCUT2D eigenvalue weighted by molar-refractivity contribution is -0.145. The largest absolute Gasteiger partial charge is 0.345 e. The molecule has 1 heterocycles. The van der Waals surface area contributed by atoms with Crippen molar-refractivity contribution in [3.8, 4) is 0 Å². The molecule has 16 heavy (non-hydrogen) atoms. The van der Waals surface area contributed by atoms with Gasteiger partial charge >= 0.3 is 0 Å². The third-order valence-corrected chi connectivity index (χ3v) is 2.78. The van der Waals surface area contributed by atoms with Gasteiger partial charge in [0.05, 0.1) is 6.54 Å². The summed E-state index contributed by atoms with van der Waals surface area (Å²) in [7, 11) is 0. The van der Waals surface area contributed by atoms with E-state index < -0.39 is 0 Å². The van der Waals surface area contributed by atoms with E-state index in [9.17, 15) is 9.59 Å². The van der Waals surface area contributed by atoms with Crippen LogP contribution in [0, 0.1) is 0 Å². The highest BCUT2D eigenvalue weighted by atomic mass is 16.2. The van der Waals surface area contributed by atoms with Gasteiger partial charge in [-0.25, -0.2) is 0 Å². The highest BCUT2D eigenvalue weighted by Gasteiger charge is 2.30. The van der Waals surface area contributed by atoms with Crippen molar-refractivity contribution in [2.75, 3.05) is 6.54 Å². The molecule has 1 saturated heterocycles. The Labute approximate surface area is 94.2 Å². The summed E-state index contributed by atoms with van der Waals surface area (Å²) in [5.74, 6) is -0.119. The lowest BCUT2D eigenvalue weighted by Gasteiger charge is -2.32. The number of carbonyl (C=O) groups excluding carboxylic acids is 2. The van der Waals surface area contributed by atoms with Crippen molar-refractivity contribution in [1.82, 2.24) is 10.2 Å². The molecule has 1 fully saturated rings. The van der Waals surface area contributed by atoms with Crippen LogP contribution in [-0.2, 0) is 16.1 Å². The van der Waals surface area contributed by atoms with Crippen LogP contribution < -0.4 is 5.32 Å². The number of hydrogen-bond donors (Lipinski definition) is 1. The fourth-order valence-corrected chi connectivity index (χ4v) is 1.77. The van der Waals surface area contributed by atoms with E-state index in [1.54, 1.807) is 11.8 Å². The second-order valence-electron chi connectivity index (χ2n) is 3.90. The quantitative estimate of drug-likeness (QED) is 0.787. The fourth-order valence-electron chi connectivity index (χ4n) is 1.77. The van der Waals surface area contributed by atoms with Gasteiger partial charge in [0.25, 0.3) is 0 Å². The number of hydrogen-bond acceptors (Lipinski definition) is 2. The molecule has 1 atom stereocenters. The monoisotopic (exact) mass is 218 g/mol. The van der Waals surface area contributed by atoms with Crippen molar-refractivity contribution >= 4 is 11.8 Å². The third-order valence-electron chi connectivity index (χ3n) is 2.78. The molecule has 4 heteroatoms. The van der Waals surface area contributed by atoms with Crippen molar-refractivity contribution in [3.63, 3.8) is 0 Å². The molecular weight excluding hydrogens is 204 g/mol. The molecule has 0 bridgehead atoms. The topological polar surface area (TPSA) is 49.4 Å². The molecule has 1 aliphatic rings. The summed E-state index contributed by atoms with van der Waals surface area (Å²) < 4.78 is 0. The summed E-state index contributed by atoms with van der Waals surface area (Å²) in [4.78, 5) is 24.7. The number of amides is 2. The second-order valence-corrected chi connectivity index (χ2v) is 3.90. The van der Waals surface area contributed by atoms with Gasteiger partial charge in [-0.05, 0) is 12.5 Å². The Bertz CT molecular complexity index is 403. The Hall–Kier alpha value is -1.84. The first-order valence-electron chi connectivity index (χ1n) is 5.29. The molecule has 1 aromatic rings. The standard InChI is InChI=1S/C12H14N2O2/c1-9-12(16)13-7-11(15)14(9)8-10-5-3-2-4-6-10/h2-6,9H,7-8H2,1H3,(H,13,16)/t9-/m1/s1. The van der Waals surface area contributed by atoms with Crippen LogP contribution in [0.4, 0.5) is 0 Å². The average molecular weight is 218 g/mol. The van der Waals surface area contributed by atoms with E-state index >= 15 is 0 Å². The summed E-state index contributed by atoms with van der Waals surface area (Å²) in [5, 5.41) is 2.57. The van der Waals surface area contributed by atoms with Gasteiger partial charge in [0.15, 0.2) is 0 Å². The first kappa shape index (κ1) is 10.7. The molecule has 0 unspecified atom stereocenters. The number of rotatable bonds is 2. The molecule has 1 aliphatic heterocycles. The summed E-state index contributed by atoms with van der Waals surface area (Å²) >= 11 is 0. The molecule has 0 saturated carbocycles. The molecule has 84 valence electrons. The van der Waals surface area contributed by atoms with Crippen molar-refractivity contribution in [2.24, 2.45) is 0 Å². The van der Waals surface area contributed by atoms with E-state index in [-0.39, 0.29) is 24.4 Å². The van der Waals surface area contributed by atoms with Crippen LogP contribution in [0.25, 0.3) is 0 Å². The van der Waals surface area contributed by atoms with Crippen molar-refractivity contribution in [2.45, 2.75) is 19.5 Å². The predicted molar refractivity (Wildman–Crippen MR) is 59.5 cm³/mol. The molecule has 0 spiro atoms. The summed E-state index contributed by atoms with van der Waals surface area (Å²) in [6, 6.07) is 9.29. The van der Waals surface area contributed by atoms with E-state index in [0.717, 1.165) is 5.56 Å². The Kier molecular flexibility index (Phi) is 2.90. The lowest BCUT2D eigenvalue weighted by atomic mass is 10.1. The zero-order valence-corrected chi connectivity index (χ0v) is 9.14. The van der Waals surface area contributed by atoms with E-state index in [2.05, 4.69) is 5.32 Å². The molecule has 0 aromatic heterocycles. The van der Waals surface area contributed by atoms with E-state index in [4.69, 9.17) is 0 Å². The van der Waals surface area contributed by atoms with Crippen molar-refractivity contribution < 1.29 is 9.59 Å². The van der Waals surface area contributed by atoms with Gasteiger partial charge in [0, 0.05) is 6.54 Å². The first-order valence-corrected chi connectivity index (χ1v) is 5.29. The smallest absolute Gasteiger partial charge is 0.242 e. The molecule has 1 aromatic carbocycles. The SMILES string of the molecule is C[C@@H]1C(=O)NCC(=O)N1Cc1ccccc1. The number of benzene rings is 1. The van der Waals surface area contributed by atoms with Gasteiger partial charge in [-0.3, -0.25) is 9.59 Å². The van der Waals surface area contributed by atoms with Crippen LogP contribution in [0.3, 0.4) is 0 Å². The Balaban J connectivity index is 2.13. The van der Waals surface area contributed by atoms with E-state index in [1.807, 2.05) is 30.3 Å².